The predicted octanol–water partition coefficient (Wildman–Crippen LogP) is 5.60. The summed E-state index contributed by atoms with van der Waals surface area (Å²) in [4.78, 5) is 37.0. The summed E-state index contributed by atoms with van der Waals surface area (Å²) in [7, 11) is 9.11. The van der Waals surface area contributed by atoms with Crippen LogP contribution in [0.4, 0.5) is 5.13 Å². The highest BCUT2D eigenvalue weighted by Gasteiger charge is 2.57. The number of nitrogen functional groups attached to an aromatic ring is 1. The van der Waals surface area contributed by atoms with Crippen molar-refractivity contribution in [2.24, 2.45) is 23.7 Å². The number of ketones is 1. The van der Waals surface area contributed by atoms with Crippen molar-refractivity contribution in [1.82, 2.24) is 9.88 Å². The normalized spacial score (nSPS) is 43.2. The van der Waals surface area contributed by atoms with E-state index in [2.05, 4.69) is 38.9 Å². The Labute approximate surface area is 336 Å². The van der Waals surface area contributed by atoms with E-state index in [0.29, 0.717) is 23.2 Å². The number of hydrogen-bond donors (Lipinski definition) is 1. The van der Waals surface area contributed by atoms with Gasteiger partial charge in [0.2, 0.25) is 0 Å². The number of methoxy groups -OCH3 is 3. The summed E-state index contributed by atoms with van der Waals surface area (Å²) in [5.74, 6) is -0.929. The monoisotopic (exact) mass is 803 g/mol. The highest BCUT2D eigenvalue weighted by molar-refractivity contribution is 7.15. The van der Waals surface area contributed by atoms with Gasteiger partial charge in [0.05, 0.1) is 36.5 Å². The molecular formula is C42H65N3O10S. The van der Waals surface area contributed by atoms with E-state index < -0.39 is 18.3 Å². The summed E-state index contributed by atoms with van der Waals surface area (Å²) in [6, 6.07) is 0.318. The van der Waals surface area contributed by atoms with Gasteiger partial charge in [0.25, 0.3) is 0 Å². The third-order valence-corrected chi connectivity index (χ3v) is 14.9. The van der Waals surface area contributed by atoms with Crippen molar-refractivity contribution in [3.8, 4) is 0 Å². The summed E-state index contributed by atoms with van der Waals surface area (Å²) in [5, 5.41) is 0.498. The Hall–Kier alpha value is -2.01. The predicted molar refractivity (Wildman–Crippen MR) is 210 cm³/mol. The summed E-state index contributed by atoms with van der Waals surface area (Å²) < 4.78 is 50.0. The van der Waals surface area contributed by atoms with E-state index in [1.165, 1.54) is 11.3 Å². The number of Topliss-reactive ketones (excluding diaryl/α,β-unsaturated/α-hetero) is 1. The van der Waals surface area contributed by atoms with Crippen molar-refractivity contribution < 1.29 is 47.5 Å². The molecule has 2 N–H and O–H groups in total. The number of fused-ring (bicyclic) bond motifs is 8. The zero-order chi connectivity index (χ0) is 40.0. The third kappa shape index (κ3) is 8.12. The first-order valence-electron chi connectivity index (χ1n) is 20.9. The largest absolute Gasteiger partial charge is 0.462 e. The van der Waals surface area contributed by atoms with Crippen LogP contribution in [0.5, 0.6) is 0 Å². The fourth-order valence-electron chi connectivity index (χ4n) is 11.1. The van der Waals surface area contributed by atoms with Gasteiger partial charge in [-0.2, -0.15) is 0 Å². The number of carbonyl (C=O) groups excluding carboxylic acids is 2. The number of cyclic esters (lactones) is 1. The quantitative estimate of drug-likeness (QED) is 0.309. The Morgan fingerprint density at radius 1 is 0.911 bits per heavy atom. The lowest BCUT2D eigenvalue weighted by molar-refractivity contribution is -0.314. The average Bonchev–Trinajstić information content (AvgIpc) is 3.87. The Kier molecular flexibility index (Phi) is 13.3. The van der Waals surface area contributed by atoms with Crippen LogP contribution in [0.15, 0.2) is 11.6 Å². The van der Waals surface area contributed by atoms with Gasteiger partial charge in [0, 0.05) is 55.9 Å². The number of carbonyl (C=O) groups is 2. The van der Waals surface area contributed by atoms with Crippen LogP contribution in [0.2, 0.25) is 0 Å². The molecular weight excluding hydrogens is 739 g/mol. The number of rotatable bonds is 9. The fraction of sp³-hybridized carbons (Fsp3) is 0.833. The Morgan fingerprint density at radius 3 is 2.34 bits per heavy atom. The lowest BCUT2D eigenvalue weighted by Crippen LogP contribution is -2.59. The number of allylic oxidation sites excluding steroid dienone is 2. The minimum atomic E-state index is -0.658. The Morgan fingerprint density at radius 2 is 1.66 bits per heavy atom. The second kappa shape index (κ2) is 17.7. The molecule has 13 nitrogen and oxygen atoms in total. The maximum absolute atomic E-state index is 15.0. The van der Waals surface area contributed by atoms with Crippen LogP contribution in [-0.2, 0) is 47.5 Å². The summed E-state index contributed by atoms with van der Waals surface area (Å²) in [6.07, 6.45) is 5.27. The zero-order valence-electron chi connectivity index (χ0n) is 34.7. The number of ether oxygens (including phenoxy) is 8. The third-order valence-electron chi connectivity index (χ3n) is 13.9. The molecule has 0 bridgehead atoms. The fourth-order valence-corrected chi connectivity index (χ4v) is 12.2. The molecule has 314 valence electrons. The molecule has 0 radical (unpaired) electrons. The van der Waals surface area contributed by atoms with Gasteiger partial charge in [-0.1, -0.05) is 19.9 Å². The van der Waals surface area contributed by atoms with Gasteiger partial charge in [-0.25, -0.2) is 4.98 Å². The molecule has 0 amide bonds. The standard InChI is InChI=1S/C42H65N3O10S/c1-10-23-12-11-13-31(55-33-15-14-30(45(5)6)21(3)51-33)20(2)36(47)29-18-26-25-16-24(54-41-39(50-9)38(49-8)37(48-7)22(4)52-41)17-28(25)35-40(56-42(43)44-35)34(26)27(29)19-32(46)53-23/h18,20-28,30-31,33-34,37-39,41H,10-17,19H2,1-9H3,(H2,43,44)/t20-,21-,22+,23+,24+,25+,26+,27-,28-,30+,31+,33+,34-,37+,38-,39-,41+/m1/s1. The molecule has 4 fully saturated rings. The molecule has 3 saturated heterocycles. The number of aromatic nitrogens is 1. The van der Waals surface area contributed by atoms with Gasteiger partial charge in [-0.3, -0.25) is 9.59 Å². The minimum Gasteiger partial charge on any atom is -0.462 e. The smallest absolute Gasteiger partial charge is 0.306 e. The van der Waals surface area contributed by atoms with E-state index in [9.17, 15) is 9.59 Å². The van der Waals surface area contributed by atoms with E-state index in [0.717, 1.165) is 55.5 Å². The van der Waals surface area contributed by atoms with Crippen molar-refractivity contribution in [2.45, 2.75) is 165 Å². The van der Waals surface area contributed by atoms with E-state index in [-0.39, 0.29) is 96.8 Å². The average molecular weight is 804 g/mol. The summed E-state index contributed by atoms with van der Waals surface area (Å²) >= 11 is 1.49. The molecule has 17 atom stereocenters. The first kappa shape index (κ1) is 42.1. The van der Waals surface area contributed by atoms with Gasteiger partial charge in [0.1, 0.15) is 24.4 Å². The lowest BCUT2D eigenvalue weighted by atomic mass is 9.68. The van der Waals surface area contributed by atoms with Crippen LogP contribution >= 0.6 is 11.3 Å². The van der Waals surface area contributed by atoms with Crippen molar-refractivity contribution >= 4 is 28.2 Å². The van der Waals surface area contributed by atoms with E-state index >= 15 is 0 Å². The van der Waals surface area contributed by atoms with E-state index in [1.54, 1.807) is 21.3 Å². The molecule has 3 aliphatic carbocycles. The topological polar surface area (TPSA) is 150 Å². The molecule has 0 unspecified atom stereocenters. The highest BCUT2D eigenvalue weighted by Crippen LogP contribution is 2.62. The van der Waals surface area contributed by atoms with Crippen LogP contribution in [0, 0.1) is 23.7 Å². The number of anilines is 1. The number of hydrogen-bond acceptors (Lipinski definition) is 14. The van der Waals surface area contributed by atoms with Crippen molar-refractivity contribution in [1.29, 1.82) is 0 Å². The van der Waals surface area contributed by atoms with Gasteiger partial charge in [-0.15, -0.1) is 11.3 Å². The molecule has 4 heterocycles. The number of likely N-dealkylation sites (N-methyl/N-ethyl adjacent to an activating group) is 1. The molecule has 3 aliphatic heterocycles. The van der Waals surface area contributed by atoms with E-state index in [4.69, 9.17) is 48.6 Å². The first-order chi connectivity index (χ1) is 26.9. The molecule has 6 aliphatic rings. The van der Waals surface area contributed by atoms with Gasteiger partial charge in [-0.05, 0) is 96.7 Å². The molecule has 56 heavy (non-hydrogen) atoms. The van der Waals surface area contributed by atoms with Crippen LogP contribution in [-0.4, -0.2) is 125 Å². The van der Waals surface area contributed by atoms with Crippen molar-refractivity contribution in [3.05, 3.63) is 22.2 Å². The lowest BCUT2D eigenvalue weighted by Gasteiger charge is -2.44. The molecule has 0 spiro atoms. The maximum atomic E-state index is 15.0. The van der Waals surface area contributed by atoms with Gasteiger partial charge < -0.3 is 48.5 Å². The van der Waals surface area contributed by atoms with E-state index in [1.807, 2.05) is 13.8 Å². The van der Waals surface area contributed by atoms with Crippen molar-refractivity contribution in [2.75, 3.05) is 41.2 Å². The molecule has 1 aromatic heterocycles. The second-order valence-corrected chi connectivity index (χ2v) is 18.4. The van der Waals surface area contributed by atoms with Crippen LogP contribution in [0.3, 0.4) is 0 Å². The SMILES string of the molecule is CC[C@H]1CCC[C@H](O[C@H]2CC[C@H](N(C)C)[C@@H](C)O2)[C@@H](C)C(=O)C2=C[C@H]3[C@@H]4C[C@H](O[C@@H]5O[C@@H](C)[C@H](OC)[C@@H](OC)[C@H]5OC)C[C@H]4c4nc(N)sc4[C@H]3[C@@H]2CC(=O)O1. The second-order valence-electron chi connectivity index (χ2n) is 17.3. The number of nitrogens with zero attached hydrogens (tertiary/aromatic N) is 2. The van der Waals surface area contributed by atoms with Gasteiger partial charge >= 0.3 is 5.97 Å². The number of nitrogens with two attached hydrogens (primary N) is 1. The van der Waals surface area contributed by atoms with Gasteiger partial charge in [0.15, 0.2) is 23.5 Å². The Bertz CT molecular complexity index is 1570. The molecule has 1 aromatic rings. The zero-order valence-corrected chi connectivity index (χ0v) is 35.5. The summed E-state index contributed by atoms with van der Waals surface area (Å²) in [5.41, 5.74) is 8.17. The van der Waals surface area contributed by atoms with Crippen molar-refractivity contribution in [3.63, 3.8) is 0 Å². The van der Waals surface area contributed by atoms with Crippen LogP contribution in [0.25, 0.3) is 0 Å². The maximum Gasteiger partial charge on any atom is 0.306 e. The molecule has 1 saturated carbocycles. The summed E-state index contributed by atoms with van der Waals surface area (Å²) in [6.45, 7) is 8.12. The van der Waals surface area contributed by atoms with Crippen LogP contribution in [0.1, 0.15) is 108 Å². The molecule has 14 heteroatoms. The van der Waals surface area contributed by atoms with Crippen LogP contribution < -0.4 is 5.73 Å². The number of thiazole rings is 1. The first-order valence-corrected chi connectivity index (χ1v) is 21.8. The Balaban J connectivity index is 1.18. The highest BCUT2D eigenvalue weighted by atomic mass is 32.1. The number of esters is 1. The minimum absolute atomic E-state index is 0.00382. The molecule has 7 rings (SSSR count). The molecule has 0 aromatic carbocycles.